The van der Waals surface area contributed by atoms with Crippen molar-refractivity contribution in [2.75, 3.05) is 18.4 Å². The van der Waals surface area contributed by atoms with Crippen LogP contribution in [0, 0.1) is 0 Å². The molecular weight excluding hydrogens is 318 g/mol. The number of nitrogens with one attached hydrogen (secondary N) is 2. The number of benzene rings is 1. The molecule has 8 heteroatoms. The van der Waals surface area contributed by atoms with Gasteiger partial charge in [0.25, 0.3) is 0 Å². The molecule has 0 unspecified atom stereocenters. The fourth-order valence-corrected chi connectivity index (χ4v) is 1.81. The highest BCUT2D eigenvalue weighted by Crippen LogP contribution is 2.21. The van der Waals surface area contributed by atoms with Crippen LogP contribution in [0.15, 0.2) is 48.9 Å². The predicted octanol–water partition coefficient (Wildman–Crippen LogP) is 2.32. The van der Waals surface area contributed by atoms with Crippen molar-refractivity contribution in [1.29, 1.82) is 0 Å². The molecule has 0 spiro atoms. The molecule has 0 bridgehead atoms. The number of ether oxygens (including phenoxy) is 1. The van der Waals surface area contributed by atoms with Gasteiger partial charge in [-0.3, -0.25) is 9.78 Å². The summed E-state index contributed by atoms with van der Waals surface area (Å²) >= 11 is 0. The zero-order valence-corrected chi connectivity index (χ0v) is 12.7. The molecule has 0 atom stereocenters. The van der Waals surface area contributed by atoms with Crippen molar-refractivity contribution >= 4 is 17.8 Å². The Morgan fingerprint density at radius 2 is 2.08 bits per heavy atom. The summed E-state index contributed by atoms with van der Waals surface area (Å²) in [6.07, 6.45) is 7.37. The van der Waals surface area contributed by atoms with Crippen molar-refractivity contribution in [3.8, 4) is 5.75 Å². The van der Waals surface area contributed by atoms with Crippen LogP contribution in [0.25, 0.3) is 6.08 Å². The first-order valence-corrected chi connectivity index (χ1v) is 7.15. The third kappa shape index (κ3) is 5.99. The van der Waals surface area contributed by atoms with Gasteiger partial charge in [0.15, 0.2) is 0 Å². The Kier molecular flexibility index (Phi) is 6.63. The molecule has 1 amide bonds. The molecule has 0 radical (unpaired) electrons. The Hall–Kier alpha value is -3.03. The number of rotatable bonds is 8. The number of anilines is 1. The summed E-state index contributed by atoms with van der Waals surface area (Å²) < 4.78 is 29.0. The topological polar surface area (TPSA) is 76.1 Å². The third-order valence-electron chi connectivity index (χ3n) is 2.84. The van der Waals surface area contributed by atoms with Gasteiger partial charge >= 0.3 is 6.61 Å². The maximum atomic E-state index is 12.3. The van der Waals surface area contributed by atoms with E-state index < -0.39 is 6.61 Å². The van der Waals surface area contributed by atoms with E-state index in [0.717, 1.165) is 0 Å². The number of nitrogens with zero attached hydrogens (tertiary/aromatic N) is 2. The molecule has 0 aliphatic carbocycles. The number of amides is 1. The lowest BCUT2D eigenvalue weighted by atomic mass is 10.2. The van der Waals surface area contributed by atoms with Gasteiger partial charge in [-0.2, -0.15) is 8.78 Å². The van der Waals surface area contributed by atoms with Gasteiger partial charge < -0.3 is 15.4 Å². The zero-order valence-electron chi connectivity index (χ0n) is 12.7. The normalized spacial score (nSPS) is 10.8. The maximum Gasteiger partial charge on any atom is 0.387 e. The minimum Gasteiger partial charge on any atom is -0.434 e. The van der Waals surface area contributed by atoms with Gasteiger partial charge in [0.2, 0.25) is 5.91 Å². The molecule has 126 valence electrons. The average molecular weight is 334 g/mol. The second kappa shape index (κ2) is 9.19. The Morgan fingerprint density at radius 3 is 2.83 bits per heavy atom. The van der Waals surface area contributed by atoms with Crippen molar-refractivity contribution in [3.63, 3.8) is 0 Å². The maximum absolute atomic E-state index is 12.3. The van der Waals surface area contributed by atoms with E-state index in [1.165, 1.54) is 18.2 Å². The average Bonchev–Trinajstić information content (AvgIpc) is 2.58. The van der Waals surface area contributed by atoms with Gasteiger partial charge in [-0.15, -0.1) is 0 Å². The Labute approximate surface area is 137 Å². The lowest BCUT2D eigenvalue weighted by Gasteiger charge is -2.07. The zero-order chi connectivity index (χ0) is 17.2. The number of aromatic nitrogens is 2. The second-order valence-corrected chi connectivity index (χ2v) is 4.56. The van der Waals surface area contributed by atoms with Crippen molar-refractivity contribution in [1.82, 2.24) is 15.3 Å². The SMILES string of the molecule is O=C(/C=C\c1ccccc1OC(F)F)NCCNc1cnccn1. The molecule has 1 heterocycles. The van der Waals surface area contributed by atoms with Crippen LogP contribution in [0.1, 0.15) is 5.56 Å². The van der Waals surface area contributed by atoms with Crippen LogP contribution in [-0.4, -0.2) is 35.6 Å². The largest absolute Gasteiger partial charge is 0.434 e. The number of hydrogen-bond acceptors (Lipinski definition) is 5. The highest BCUT2D eigenvalue weighted by molar-refractivity contribution is 5.92. The van der Waals surface area contributed by atoms with Crippen molar-refractivity contribution in [2.24, 2.45) is 0 Å². The number of carbonyl (C=O) groups is 1. The number of halogens is 2. The second-order valence-electron chi connectivity index (χ2n) is 4.56. The number of hydrogen-bond donors (Lipinski definition) is 2. The van der Waals surface area contributed by atoms with E-state index in [4.69, 9.17) is 0 Å². The monoisotopic (exact) mass is 334 g/mol. The van der Waals surface area contributed by atoms with Crippen LogP contribution in [-0.2, 0) is 4.79 Å². The van der Waals surface area contributed by atoms with Gasteiger partial charge in [0, 0.05) is 37.1 Å². The smallest absolute Gasteiger partial charge is 0.387 e. The fraction of sp³-hybridized carbons (Fsp3) is 0.188. The molecule has 0 fully saturated rings. The molecule has 2 rings (SSSR count). The van der Waals surface area contributed by atoms with E-state index in [1.54, 1.807) is 36.8 Å². The molecule has 6 nitrogen and oxygen atoms in total. The first kappa shape index (κ1) is 17.3. The summed E-state index contributed by atoms with van der Waals surface area (Å²) in [5.41, 5.74) is 0.394. The van der Waals surface area contributed by atoms with Crippen LogP contribution >= 0.6 is 0 Å². The standard InChI is InChI=1S/C16H16F2N4O2/c17-16(18)24-13-4-2-1-3-12(13)5-6-15(23)22-10-9-21-14-11-19-7-8-20-14/h1-8,11,16H,9-10H2,(H,20,21)(H,22,23)/b6-5-. The minimum absolute atomic E-state index is 0.0147. The summed E-state index contributed by atoms with van der Waals surface area (Å²) in [6.45, 7) is -2.07. The van der Waals surface area contributed by atoms with E-state index in [2.05, 4.69) is 25.3 Å². The van der Waals surface area contributed by atoms with E-state index in [1.807, 2.05) is 0 Å². The number of carbonyl (C=O) groups excluding carboxylic acids is 1. The van der Waals surface area contributed by atoms with Crippen LogP contribution in [0.4, 0.5) is 14.6 Å². The molecule has 1 aromatic heterocycles. The molecule has 0 aliphatic rings. The lowest BCUT2D eigenvalue weighted by molar-refractivity contribution is -0.116. The van der Waals surface area contributed by atoms with Crippen LogP contribution in [0.3, 0.4) is 0 Å². The summed E-state index contributed by atoms with van der Waals surface area (Å²) in [6, 6.07) is 6.24. The Morgan fingerprint density at radius 1 is 1.25 bits per heavy atom. The van der Waals surface area contributed by atoms with Crippen LogP contribution in [0.2, 0.25) is 0 Å². The first-order valence-electron chi connectivity index (χ1n) is 7.15. The molecule has 0 aliphatic heterocycles. The van der Waals surface area contributed by atoms with Crippen LogP contribution in [0.5, 0.6) is 5.75 Å². The molecule has 2 N–H and O–H groups in total. The molecule has 24 heavy (non-hydrogen) atoms. The van der Waals surface area contributed by atoms with Gasteiger partial charge in [-0.25, -0.2) is 4.98 Å². The molecular formula is C16H16F2N4O2. The van der Waals surface area contributed by atoms with Crippen molar-refractivity contribution < 1.29 is 18.3 Å². The van der Waals surface area contributed by atoms with Crippen LogP contribution < -0.4 is 15.4 Å². The van der Waals surface area contributed by atoms with Gasteiger partial charge in [0.05, 0.1) is 6.20 Å². The quantitative estimate of drug-likeness (QED) is 0.572. The highest BCUT2D eigenvalue weighted by atomic mass is 19.3. The molecule has 2 aromatic rings. The third-order valence-corrected chi connectivity index (χ3v) is 2.84. The fourth-order valence-electron chi connectivity index (χ4n) is 1.81. The van der Waals surface area contributed by atoms with Gasteiger partial charge in [-0.1, -0.05) is 18.2 Å². The predicted molar refractivity (Wildman–Crippen MR) is 85.6 cm³/mol. The first-order chi connectivity index (χ1) is 11.6. The summed E-state index contributed by atoms with van der Waals surface area (Å²) in [7, 11) is 0. The Balaban J connectivity index is 1.79. The van der Waals surface area contributed by atoms with Crippen molar-refractivity contribution in [2.45, 2.75) is 6.61 Å². The summed E-state index contributed by atoms with van der Waals surface area (Å²) in [4.78, 5) is 19.6. The summed E-state index contributed by atoms with van der Waals surface area (Å²) in [5, 5.41) is 5.65. The lowest BCUT2D eigenvalue weighted by Crippen LogP contribution is -2.27. The van der Waals surface area contributed by atoms with E-state index in [0.29, 0.717) is 24.5 Å². The molecule has 0 saturated heterocycles. The summed E-state index contributed by atoms with van der Waals surface area (Å²) in [5.74, 6) is 0.282. The minimum atomic E-state index is -2.92. The Bertz CT molecular complexity index is 681. The van der Waals surface area contributed by atoms with Gasteiger partial charge in [-0.05, 0) is 12.1 Å². The number of para-hydroxylation sites is 1. The van der Waals surface area contributed by atoms with Gasteiger partial charge in [0.1, 0.15) is 11.6 Å². The van der Waals surface area contributed by atoms with E-state index in [9.17, 15) is 13.6 Å². The van der Waals surface area contributed by atoms with E-state index >= 15 is 0 Å². The molecule has 0 saturated carbocycles. The van der Waals surface area contributed by atoms with Crippen molar-refractivity contribution in [3.05, 3.63) is 54.5 Å². The van der Waals surface area contributed by atoms with E-state index in [-0.39, 0.29) is 11.7 Å². The highest BCUT2D eigenvalue weighted by Gasteiger charge is 2.07. The molecule has 1 aromatic carbocycles. The number of alkyl halides is 2.